The highest BCUT2D eigenvalue weighted by Gasteiger charge is 2.53. The molecule has 4 nitrogen and oxygen atoms in total. The van der Waals surface area contributed by atoms with Crippen molar-refractivity contribution in [3.05, 3.63) is 41.7 Å². The predicted molar refractivity (Wildman–Crippen MR) is 81.6 cm³/mol. The van der Waals surface area contributed by atoms with E-state index in [9.17, 15) is 0 Å². The standard InChI is InChI=1S/C17H20N2O2/c1-20-13-10-6-5-9-12(18-13)15-16-14(17(15)21-19-16)11-7-3-2-4-8-11/h2-4,7-8,12,15-16,19H,5-6,9-10H2,1H3. The van der Waals surface area contributed by atoms with E-state index in [4.69, 9.17) is 14.6 Å². The summed E-state index contributed by atoms with van der Waals surface area (Å²) in [4.78, 5) is 10.5. The van der Waals surface area contributed by atoms with E-state index in [1.165, 1.54) is 24.0 Å². The molecule has 0 spiro atoms. The van der Waals surface area contributed by atoms with E-state index >= 15 is 0 Å². The van der Waals surface area contributed by atoms with Crippen LogP contribution in [0.2, 0.25) is 0 Å². The van der Waals surface area contributed by atoms with Crippen molar-refractivity contribution in [1.82, 2.24) is 5.48 Å². The lowest BCUT2D eigenvalue weighted by atomic mass is 9.72. The predicted octanol–water partition coefficient (Wildman–Crippen LogP) is 2.92. The Hall–Kier alpha value is -1.81. The van der Waals surface area contributed by atoms with Gasteiger partial charge in [-0.25, -0.2) is 0 Å². The van der Waals surface area contributed by atoms with E-state index in [1.54, 1.807) is 7.11 Å². The highest BCUT2D eigenvalue weighted by atomic mass is 16.7. The monoisotopic (exact) mass is 284 g/mol. The summed E-state index contributed by atoms with van der Waals surface area (Å²) in [6.07, 6.45) is 4.45. The molecule has 1 aliphatic carbocycles. The molecule has 110 valence electrons. The maximum Gasteiger partial charge on any atom is 0.183 e. The Morgan fingerprint density at radius 1 is 1.24 bits per heavy atom. The largest absolute Gasteiger partial charge is 0.484 e. The van der Waals surface area contributed by atoms with Crippen molar-refractivity contribution in [2.24, 2.45) is 10.9 Å². The van der Waals surface area contributed by atoms with Gasteiger partial charge in [-0.15, -0.1) is 5.48 Å². The molecule has 1 saturated heterocycles. The number of aliphatic imine (C=N–C) groups is 1. The lowest BCUT2D eigenvalue weighted by Crippen LogP contribution is -2.40. The zero-order valence-electron chi connectivity index (χ0n) is 12.2. The lowest BCUT2D eigenvalue weighted by molar-refractivity contribution is 0.165. The maximum atomic E-state index is 5.69. The highest BCUT2D eigenvalue weighted by molar-refractivity contribution is 5.81. The van der Waals surface area contributed by atoms with Crippen molar-refractivity contribution in [3.63, 3.8) is 0 Å². The molecule has 3 heterocycles. The molecule has 0 radical (unpaired) electrons. The summed E-state index contributed by atoms with van der Waals surface area (Å²) in [5.74, 6) is 2.34. The fourth-order valence-electron chi connectivity index (χ4n) is 3.64. The van der Waals surface area contributed by atoms with Gasteiger partial charge < -0.3 is 9.57 Å². The van der Waals surface area contributed by atoms with Gasteiger partial charge >= 0.3 is 0 Å². The van der Waals surface area contributed by atoms with Crippen molar-refractivity contribution in [1.29, 1.82) is 0 Å². The number of methoxy groups -OCH3 is 1. The van der Waals surface area contributed by atoms with Crippen LogP contribution >= 0.6 is 0 Å². The molecular weight excluding hydrogens is 264 g/mol. The Kier molecular flexibility index (Phi) is 3.19. The Balaban J connectivity index is 1.62. The quantitative estimate of drug-likeness (QED) is 0.908. The minimum atomic E-state index is 0.271. The number of rotatable bonds is 2. The van der Waals surface area contributed by atoms with E-state index in [0.717, 1.165) is 24.5 Å². The van der Waals surface area contributed by atoms with Crippen LogP contribution in [0.15, 0.2) is 41.1 Å². The van der Waals surface area contributed by atoms with Crippen LogP contribution in [-0.4, -0.2) is 25.1 Å². The van der Waals surface area contributed by atoms with Gasteiger partial charge in [0.25, 0.3) is 0 Å². The Labute approximate surface area is 124 Å². The molecule has 2 bridgehead atoms. The molecule has 1 N–H and O–H groups in total. The van der Waals surface area contributed by atoms with Gasteiger partial charge in [0.1, 0.15) is 5.76 Å². The van der Waals surface area contributed by atoms with Crippen LogP contribution in [0, 0.1) is 5.92 Å². The molecule has 3 atom stereocenters. The molecule has 1 fully saturated rings. The number of benzene rings is 1. The second-order valence-electron chi connectivity index (χ2n) is 5.91. The first-order valence-electron chi connectivity index (χ1n) is 7.71. The van der Waals surface area contributed by atoms with Crippen LogP contribution in [0.3, 0.4) is 0 Å². The average molecular weight is 284 g/mol. The fourth-order valence-corrected chi connectivity index (χ4v) is 3.64. The molecule has 4 aliphatic rings. The van der Waals surface area contributed by atoms with E-state index in [2.05, 4.69) is 29.7 Å². The van der Waals surface area contributed by atoms with E-state index < -0.39 is 0 Å². The molecule has 21 heavy (non-hydrogen) atoms. The van der Waals surface area contributed by atoms with Crippen molar-refractivity contribution in [2.75, 3.05) is 7.11 Å². The molecule has 3 unspecified atom stereocenters. The summed E-state index contributed by atoms with van der Waals surface area (Å²) in [5.41, 5.74) is 5.72. The molecule has 3 aliphatic heterocycles. The van der Waals surface area contributed by atoms with Gasteiger partial charge in [0.2, 0.25) is 0 Å². The smallest absolute Gasteiger partial charge is 0.183 e. The minimum Gasteiger partial charge on any atom is -0.484 e. The number of hydroxylamine groups is 1. The highest BCUT2D eigenvalue weighted by Crippen LogP contribution is 2.50. The Morgan fingerprint density at radius 2 is 2.10 bits per heavy atom. The van der Waals surface area contributed by atoms with Crippen LogP contribution in [0.1, 0.15) is 31.2 Å². The number of nitrogens with one attached hydrogen (secondary N) is 1. The molecular formula is C17H20N2O2. The lowest BCUT2D eigenvalue weighted by Gasteiger charge is -2.33. The molecule has 4 heteroatoms. The zero-order valence-corrected chi connectivity index (χ0v) is 12.2. The van der Waals surface area contributed by atoms with E-state index in [1.807, 2.05) is 6.07 Å². The molecule has 0 aromatic heterocycles. The fraction of sp³-hybridized carbons (Fsp3) is 0.471. The van der Waals surface area contributed by atoms with Crippen molar-refractivity contribution in [2.45, 2.75) is 37.8 Å². The minimum absolute atomic E-state index is 0.271. The third kappa shape index (κ3) is 2.05. The third-order valence-electron chi connectivity index (χ3n) is 4.72. The summed E-state index contributed by atoms with van der Waals surface area (Å²) in [7, 11) is 1.72. The van der Waals surface area contributed by atoms with Crippen molar-refractivity contribution >= 4 is 11.5 Å². The van der Waals surface area contributed by atoms with E-state index in [0.29, 0.717) is 5.92 Å². The Morgan fingerprint density at radius 3 is 2.81 bits per heavy atom. The zero-order chi connectivity index (χ0) is 14.2. The van der Waals surface area contributed by atoms with Gasteiger partial charge in [-0.2, -0.15) is 0 Å². The normalized spacial score (nSPS) is 31.1. The molecule has 1 aromatic carbocycles. The first kappa shape index (κ1) is 12.9. The first-order chi connectivity index (χ1) is 10.4. The van der Waals surface area contributed by atoms with Crippen molar-refractivity contribution in [3.8, 4) is 0 Å². The number of nitrogens with zero attached hydrogens (tertiary/aromatic N) is 1. The second kappa shape index (κ2) is 5.19. The summed E-state index contributed by atoms with van der Waals surface area (Å²) < 4.78 is 5.40. The number of fused-ring (bicyclic) bond motifs is 1. The van der Waals surface area contributed by atoms with Crippen LogP contribution < -0.4 is 5.48 Å². The van der Waals surface area contributed by atoms with Gasteiger partial charge in [0.05, 0.1) is 25.1 Å². The van der Waals surface area contributed by atoms with Gasteiger partial charge in [-0.1, -0.05) is 36.8 Å². The van der Waals surface area contributed by atoms with Crippen molar-refractivity contribution < 1.29 is 9.57 Å². The third-order valence-corrected chi connectivity index (χ3v) is 4.72. The van der Waals surface area contributed by atoms with Gasteiger partial charge in [-0.05, 0) is 18.4 Å². The molecule has 0 saturated carbocycles. The summed E-state index contributed by atoms with van der Waals surface area (Å²) >= 11 is 0. The first-order valence-corrected chi connectivity index (χ1v) is 7.71. The summed E-state index contributed by atoms with van der Waals surface area (Å²) in [5, 5.41) is 0. The van der Waals surface area contributed by atoms with E-state index in [-0.39, 0.29) is 12.1 Å². The SMILES string of the molecule is COC1=NC(C2C3=C(c4ccccc4)C2NO3)CCCC1. The maximum absolute atomic E-state index is 5.69. The Bertz CT molecular complexity index is 594. The van der Waals surface area contributed by atoms with Gasteiger partial charge in [-0.3, -0.25) is 4.99 Å². The topological polar surface area (TPSA) is 42.8 Å². The average Bonchev–Trinajstić information content (AvgIpc) is 3.07. The molecule has 5 rings (SSSR count). The van der Waals surface area contributed by atoms with Crippen LogP contribution in [0.4, 0.5) is 0 Å². The molecule has 1 aromatic rings. The van der Waals surface area contributed by atoms with Crippen LogP contribution in [-0.2, 0) is 9.57 Å². The van der Waals surface area contributed by atoms with Gasteiger partial charge in [0.15, 0.2) is 5.90 Å². The summed E-state index contributed by atoms with van der Waals surface area (Å²) in [6.45, 7) is 0. The van der Waals surface area contributed by atoms with Gasteiger partial charge in [0, 0.05) is 12.0 Å². The summed E-state index contributed by atoms with van der Waals surface area (Å²) in [6, 6.07) is 11.0. The number of ether oxygens (including phenoxy) is 1. The van der Waals surface area contributed by atoms with Crippen LogP contribution in [0.25, 0.3) is 5.57 Å². The number of hydrogen-bond donors (Lipinski definition) is 1. The van der Waals surface area contributed by atoms with Crippen LogP contribution in [0.5, 0.6) is 0 Å². The number of hydrogen-bond acceptors (Lipinski definition) is 4. The second-order valence-corrected chi connectivity index (χ2v) is 5.91. The molecule has 0 amide bonds.